The summed E-state index contributed by atoms with van der Waals surface area (Å²) in [6.07, 6.45) is -9.31. The summed E-state index contributed by atoms with van der Waals surface area (Å²) in [5.74, 6) is -6.22. The number of carboxylic acid groups (broad SMARTS) is 1. The van der Waals surface area contributed by atoms with Crippen molar-refractivity contribution in [1.29, 1.82) is 0 Å². The Morgan fingerprint density at radius 1 is 0.481 bits per heavy atom. The Morgan fingerprint density at radius 2 is 0.750 bits per heavy atom. The van der Waals surface area contributed by atoms with E-state index in [1.54, 1.807) is 6.26 Å². The molecule has 0 saturated carbocycles. The molecule has 1 N–H and O–H groups in total. The molecule has 0 saturated heterocycles. The number of thioether (sulfide) groups is 1. The molecule has 538 valence electrons. The summed E-state index contributed by atoms with van der Waals surface area (Å²) in [5.41, 5.74) is -9.76. The number of halogens is 21. The van der Waals surface area contributed by atoms with Gasteiger partial charge in [0.2, 0.25) is 14.3 Å². The number of alkyl halides is 9. The fourth-order valence-corrected chi connectivity index (χ4v) is 11.4. The number of nitrogens with zero attached hydrogens (tertiary/aromatic N) is 9. The summed E-state index contributed by atoms with van der Waals surface area (Å²) in [6, 6.07) is 27.7. The SMILES string of the molecule is CSC(=O)c1c(-c2c(F)cccc2Cl)noc1-c1cnn(-c2cccc(Cl)c2)c1C(F)(F)F.C[S-].O=C(Cl)c1c(-c2c(F)cccc2Cl)noc1-c1cnn(-c2cccc(Cl)c2)c1C(F)(F)F.O=C(O)c1c(-c2c(F)cccc2Cl)noc1-c1cnn(-c2cccc(Cl)c2)c1C(F)(F)F.O=S(Cl)Cl.[Na+]. The maximum absolute atomic E-state index is 14.5. The molecule has 0 amide bonds. The fraction of sp³-hybridized carbons (Fsp3) is 0.0806. The van der Waals surface area contributed by atoms with Gasteiger partial charge in [0.05, 0.1) is 84.1 Å². The Kier molecular flexibility index (Phi) is 28.9. The third kappa shape index (κ3) is 18.9. The third-order valence-corrected chi connectivity index (χ3v) is 15.9. The maximum Gasteiger partial charge on any atom is 1.00 e. The molecule has 0 atom stereocenters. The first kappa shape index (κ1) is 84.3. The fourth-order valence-electron chi connectivity index (χ4n) is 9.55. The van der Waals surface area contributed by atoms with Gasteiger partial charge in [0, 0.05) is 36.4 Å². The molecular formula is C62H31Cl9F12N9NaO8S3. The van der Waals surface area contributed by atoms with Gasteiger partial charge in [-0.3, -0.25) is 9.59 Å². The topological polar surface area (TPSA) is 220 Å². The van der Waals surface area contributed by atoms with Crippen LogP contribution in [0.3, 0.4) is 0 Å². The molecule has 0 spiro atoms. The van der Waals surface area contributed by atoms with E-state index < -0.39 is 141 Å². The summed E-state index contributed by atoms with van der Waals surface area (Å²) in [4.78, 5) is 36.9. The van der Waals surface area contributed by atoms with Crippen molar-refractivity contribution in [1.82, 2.24) is 44.8 Å². The molecule has 6 aromatic carbocycles. The number of carbonyl (C=O) groups excluding carboxylic acids is 2. The quantitative estimate of drug-likeness (QED) is 0.0520. The molecule has 42 heteroatoms. The third-order valence-electron chi connectivity index (χ3n) is 13.5. The van der Waals surface area contributed by atoms with Crippen LogP contribution >= 0.6 is 114 Å². The van der Waals surface area contributed by atoms with Crippen LogP contribution < -0.4 is 29.6 Å². The molecule has 0 aliphatic rings. The van der Waals surface area contributed by atoms with E-state index in [-0.39, 0.29) is 99.1 Å². The molecule has 12 aromatic rings. The van der Waals surface area contributed by atoms with Crippen LogP contribution in [0.25, 0.3) is 84.8 Å². The molecule has 6 aromatic heterocycles. The second-order valence-corrected chi connectivity index (χ2v) is 25.8. The van der Waals surface area contributed by atoms with Crippen LogP contribution in [0.1, 0.15) is 48.2 Å². The van der Waals surface area contributed by atoms with Gasteiger partial charge in [0.25, 0.3) is 5.24 Å². The van der Waals surface area contributed by atoms with Crippen LogP contribution in [0.4, 0.5) is 52.7 Å². The zero-order chi connectivity index (χ0) is 75.9. The summed E-state index contributed by atoms with van der Waals surface area (Å²) in [7, 11) is 7.36. The minimum absolute atomic E-state index is 0. The van der Waals surface area contributed by atoms with Crippen molar-refractivity contribution in [3.63, 3.8) is 0 Å². The maximum atomic E-state index is 14.5. The van der Waals surface area contributed by atoms with Gasteiger partial charge < -0.3 is 31.3 Å². The Labute approximate surface area is 654 Å². The minimum Gasteiger partial charge on any atom is -0.796 e. The van der Waals surface area contributed by atoms with Gasteiger partial charge in [0.15, 0.2) is 34.4 Å². The molecule has 17 nitrogen and oxygen atoms in total. The summed E-state index contributed by atoms with van der Waals surface area (Å²) >= 11 is 46.2. The van der Waals surface area contributed by atoms with Crippen molar-refractivity contribution in [2.75, 3.05) is 12.5 Å². The van der Waals surface area contributed by atoms with Crippen LogP contribution in [0.2, 0.25) is 30.1 Å². The van der Waals surface area contributed by atoms with E-state index in [2.05, 4.69) is 64.8 Å². The summed E-state index contributed by atoms with van der Waals surface area (Å²) in [5, 5.41) is 30.1. The van der Waals surface area contributed by atoms with Gasteiger partial charge in [-0.05, 0) is 109 Å². The molecule has 0 aliphatic carbocycles. The second-order valence-electron chi connectivity index (χ2n) is 19.6. The molecular weight excluding hydrogens is 1660 g/mol. The van der Waals surface area contributed by atoms with E-state index in [9.17, 15) is 72.2 Å². The van der Waals surface area contributed by atoms with Gasteiger partial charge in [-0.15, -0.1) is 0 Å². The molecule has 0 aliphatic heterocycles. The standard InChI is InChI=1S/C21H11Cl2F4N3O2S.C20H8Cl3F4N3O2.C20H9Cl2F4N3O3.CH4S.Cl2OS.Na/c1-33-20(31)16-17(15-13(23)6-3-7-14(15)24)29-32-18(16)12-9-28-30(19(12)21(25,26)27)11-5-2-4-10(22)8-11;21-9-3-1-4-10(7-9)30-18(20(25,26)27)11(8-28-30)17-15(19(23)31)16(29-32-17)14-12(22)5-2-6-13(14)24;21-9-3-1-4-10(7-9)29-18(20(24,25)26)11(8-27-29)17-15(19(30)31)16(28-32-17)14-12(22)5-2-6-13(14)23;1-2;1-4(2)3;/h2-9H,1H3;1-8H;1-8H,(H,30,31);2H,1H3;;/q;;;;;+1/p-1. The van der Waals surface area contributed by atoms with Gasteiger partial charge in [-0.1, -0.05) is 133 Å². The van der Waals surface area contributed by atoms with Crippen LogP contribution in [0, 0.1) is 17.5 Å². The average Bonchev–Trinajstić information content (AvgIpc) is 1.60. The van der Waals surface area contributed by atoms with Crippen molar-refractivity contribution in [2.24, 2.45) is 0 Å². The van der Waals surface area contributed by atoms with E-state index in [1.165, 1.54) is 115 Å². The average molecular weight is 1700 g/mol. The first-order valence-corrected chi connectivity index (χ1v) is 34.8. The smallest absolute Gasteiger partial charge is 0.796 e. The molecule has 104 heavy (non-hydrogen) atoms. The molecule has 0 bridgehead atoms. The van der Waals surface area contributed by atoms with Crippen molar-refractivity contribution in [2.45, 2.75) is 18.5 Å². The monoisotopic (exact) mass is 1690 g/mol. The van der Waals surface area contributed by atoms with Gasteiger partial charge >= 0.3 is 54.1 Å². The summed E-state index contributed by atoms with van der Waals surface area (Å²) < 4.78 is 196. The van der Waals surface area contributed by atoms with Crippen molar-refractivity contribution in [3.05, 3.63) is 227 Å². The van der Waals surface area contributed by atoms with E-state index in [1.807, 2.05) is 0 Å². The Balaban J connectivity index is 0.000000209. The van der Waals surface area contributed by atoms with Crippen LogP contribution in [-0.4, -0.2) is 83.0 Å². The number of hydrogen-bond donors (Lipinski definition) is 1. The molecule has 12 rings (SSSR count). The van der Waals surface area contributed by atoms with E-state index >= 15 is 0 Å². The number of carbonyl (C=O) groups is 3. The number of aromatic carboxylic acids is 1. The Hall–Kier alpha value is -6.99. The van der Waals surface area contributed by atoms with Crippen LogP contribution in [-0.2, 0) is 40.4 Å². The normalized spacial score (nSPS) is 11.3. The number of rotatable bonds is 12. The van der Waals surface area contributed by atoms with Crippen LogP contribution in [0.15, 0.2) is 160 Å². The molecule has 0 radical (unpaired) electrons. The molecule has 0 fully saturated rings. The van der Waals surface area contributed by atoms with Crippen molar-refractivity contribution in [3.8, 4) is 84.8 Å². The first-order chi connectivity index (χ1) is 48.5. The van der Waals surface area contributed by atoms with Crippen molar-refractivity contribution >= 4 is 153 Å². The van der Waals surface area contributed by atoms with E-state index in [4.69, 9.17) is 99.0 Å². The number of benzene rings is 6. The van der Waals surface area contributed by atoms with E-state index in [0.717, 1.165) is 36.8 Å². The Morgan fingerprint density at radius 3 is 1.01 bits per heavy atom. The summed E-state index contributed by atoms with van der Waals surface area (Å²) in [6.45, 7) is 0. The van der Waals surface area contributed by atoms with Gasteiger partial charge in [0.1, 0.15) is 51.2 Å². The van der Waals surface area contributed by atoms with Crippen LogP contribution in [0.5, 0.6) is 0 Å². The molecule has 0 unspecified atom stereocenters. The van der Waals surface area contributed by atoms with Gasteiger partial charge in [-0.2, -0.15) is 61.1 Å². The first-order valence-electron chi connectivity index (χ1n) is 27.3. The predicted molar refractivity (Wildman–Crippen MR) is 367 cm³/mol. The number of aromatic nitrogens is 9. The zero-order valence-electron chi connectivity index (χ0n) is 51.3. The van der Waals surface area contributed by atoms with Gasteiger partial charge in [-0.25, -0.2) is 36.2 Å². The Bertz CT molecular complexity index is 4920. The second kappa shape index (κ2) is 35.6. The zero-order valence-corrected chi connectivity index (χ0v) is 62.6. The van der Waals surface area contributed by atoms with E-state index in [0.29, 0.717) is 25.8 Å². The minimum atomic E-state index is -4.98. The largest absolute Gasteiger partial charge is 1.00 e. The van der Waals surface area contributed by atoms with Crippen molar-refractivity contribution < 1.29 is 120 Å². The predicted octanol–water partition coefficient (Wildman–Crippen LogP) is 18.8. The molecule has 6 heterocycles. The number of hydrogen-bond acceptors (Lipinski definition) is 15. The number of carboxylic acids is 1.